The first kappa shape index (κ1) is 10.6. The van der Waals surface area contributed by atoms with E-state index in [1.165, 1.54) is 19.3 Å². The Balaban J connectivity index is 1.60. The van der Waals surface area contributed by atoms with Gasteiger partial charge in [-0.15, -0.1) is 0 Å². The topological polar surface area (TPSA) is 64.2 Å². The fraction of sp³-hybridized carbons (Fsp3) is 0.667. The molecule has 1 saturated heterocycles. The number of hydrogen-bond donors (Lipinski definition) is 1. The van der Waals surface area contributed by atoms with Crippen molar-refractivity contribution < 1.29 is 4.79 Å². The van der Waals surface area contributed by atoms with Crippen LogP contribution in [0.4, 0.5) is 5.82 Å². The zero-order valence-electron chi connectivity index (χ0n) is 9.88. The van der Waals surface area contributed by atoms with Crippen molar-refractivity contribution in [3.8, 4) is 0 Å². The molecule has 0 spiro atoms. The fourth-order valence-corrected chi connectivity index (χ4v) is 3.14. The van der Waals surface area contributed by atoms with Crippen molar-refractivity contribution in [1.29, 1.82) is 0 Å². The van der Waals surface area contributed by atoms with E-state index in [1.54, 1.807) is 16.9 Å². The molecule has 5 heteroatoms. The maximum Gasteiger partial charge on any atom is 0.244 e. The second kappa shape index (κ2) is 4.05. The molecular formula is C12H18N4O. The highest BCUT2D eigenvalue weighted by Crippen LogP contribution is 2.37. The smallest absolute Gasteiger partial charge is 0.244 e. The summed E-state index contributed by atoms with van der Waals surface area (Å²) in [7, 11) is 0. The molecule has 2 unspecified atom stereocenters. The molecule has 0 aromatic carbocycles. The van der Waals surface area contributed by atoms with Gasteiger partial charge in [-0.3, -0.25) is 9.48 Å². The van der Waals surface area contributed by atoms with Gasteiger partial charge in [0, 0.05) is 19.3 Å². The Kier molecular flexibility index (Phi) is 2.53. The largest absolute Gasteiger partial charge is 0.382 e. The van der Waals surface area contributed by atoms with Gasteiger partial charge < -0.3 is 10.6 Å². The Hall–Kier alpha value is -1.52. The molecule has 1 aliphatic carbocycles. The number of amides is 1. The SMILES string of the molecule is Nc1ccn(CC(=O)N2CC3CCCC3C2)n1. The molecule has 17 heavy (non-hydrogen) atoms. The Labute approximate surface area is 101 Å². The standard InChI is InChI=1S/C12H18N4O/c13-11-4-5-16(14-11)8-12(17)15-6-9-2-1-3-10(9)7-15/h4-5,9-10H,1-3,6-8H2,(H2,13,14). The lowest BCUT2D eigenvalue weighted by Crippen LogP contribution is -2.32. The highest BCUT2D eigenvalue weighted by molar-refractivity contribution is 5.76. The molecule has 92 valence electrons. The van der Waals surface area contributed by atoms with Crippen LogP contribution in [0, 0.1) is 11.8 Å². The second-order valence-electron chi connectivity index (χ2n) is 5.19. The van der Waals surface area contributed by atoms with Crippen LogP contribution in [-0.2, 0) is 11.3 Å². The molecule has 2 atom stereocenters. The first-order valence-electron chi connectivity index (χ1n) is 6.29. The maximum absolute atomic E-state index is 12.1. The number of nitrogens with zero attached hydrogens (tertiary/aromatic N) is 3. The van der Waals surface area contributed by atoms with E-state index in [4.69, 9.17) is 5.73 Å². The first-order chi connectivity index (χ1) is 8.22. The number of likely N-dealkylation sites (tertiary alicyclic amines) is 1. The van der Waals surface area contributed by atoms with Crippen molar-refractivity contribution in [2.75, 3.05) is 18.8 Å². The Bertz CT molecular complexity index is 416. The maximum atomic E-state index is 12.1. The van der Waals surface area contributed by atoms with Gasteiger partial charge in [0.25, 0.3) is 0 Å². The zero-order chi connectivity index (χ0) is 11.8. The first-order valence-corrected chi connectivity index (χ1v) is 6.29. The predicted octanol–water partition coefficient (Wildman–Crippen LogP) is 0.724. The van der Waals surface area contributed by atoms with Gasteiger partial charge in [0.15, 0.2) is 0 Å². The van der Waals surface area contributed by atoms with Crippen LogP contribution >= 0.6 is 0 Å². The van der Waals surface area contributed by atoms with Crippen LogP contribution in [0.15, 0.2) is 12.3 Å². The summed E-state index contributed by atoms with van der Waals surface area (Å²) in [4.78, 5) is 14.1. The molecule has 2 heterocycles. The minimum Gasteiger partial charge on any atom is -0.382 e. The molecule has 2 aliphatic rings. The van der Waals surface area contributed by atoms with Gasteiger partial charge >= 0.3 is 0 Å². The number of anilines is 1. The van der Waals surface area contributed by atoms with E-state index < -0.39 is 0 Å². The third-order valence-corrected chi connectivity index (χ3v) is 4.04. The van der Waals surface area contributed by atoms with Gasteiger partial charge in [-0.2, -0.15) is 5.10 Å². The van der Waals surface area contributed by atoms with Crippen molar-refractivity contribution >= 4 is 11.7 Å². The third-order valence-electron chi connectivity index (χ3n) is 4.04. The summed E-state index contributed by atoms with van der Waals surface area (Å²) in [5.74, 6) is 2.14. The van der Waals surface area contributed by atoms with Gasteiger partial charge in [0.1, 0.15) is 12.4 Å². The highest BCUT2D eigenvalue weighted by atomic mass is 16.2. The summed E-state index contributed by atoms with van der Waals surface area (Å²) >= 11 is 0. The second-order valence-corrected chi connectivity index (χ2v) is 5.19. The lowest BCUT2D eigenvalue weighted by atomic mass is 10.0. The Morgan fingerprint density at radius 3 is 2.71 bits per heavy atom. The summed E-state index contributed by atoms with van der Waals surface area (Å²) in [6.07, 6.45) is 5.68. The number of aromatic nitrogens is 2. The average molecular weight is 234 g/mol. The molecule has 3 rings (SSSR count). The number of carbonyl (C=O) groups is 1. The number of hydrogen-bond acceptors (Lipinski definition) is 3. The van der Waals surface area contributed by atoms with E-state index in [1.807, 2.05) is 4.90 Å². The van der Waals surface area contributed by atoms with Crippen molar-refractivity contribution in [1.82, 2.24) is 14.7 Å². The van der Waals surface area contributed by atoms with Gasteiger partial charge in [-0.05, 0) is 30.7 Å². The van der Waals surface area contributed by atoms with Crippen LogP contribution in [-0.4, -0.2) is 33.7 Å². The number of nitrogen functional groups attached to an aromatic ring is 1. The van der Waals surface area contributed by atoms with Crippen LogP contribution in [0.2, 0.25) is 0 Å². The van der Waals surface area contributed by atoms with Crippen LogP contribution in [0.3, 0.4) is 0 Å². The number of carbonyl (C=O) groups excluding carboxylic acids is 1. The Morgan fingerprint density at radius 2 is 2.12 bits per heavy atom. The lowest BCUT2D eigenvalue weighted by molar-refractivity contribution is -0.131. The van der Waals surface area contributed by atoms with Crippen LogP contribution in [0.5, 0.6) is 0 Å². The molecule has 2 N–H and O–H groups in total. The quantitative estimate of drug-likeness (QED) is 0.820. The zero-order valence-corrected chi connectivity index (χ0v) is 9.88. The monoisotopic (exact) mass is 234 g/mol. The summed E-state index contributed by atoms with van der Waals surface area (Å²) in [5.41, 5.74) is 5.53. The van der Waals surface area contributed by atoms with Crippen LogP contribution in [0.25, 0.3) is 0 Å². The molecule has 1 saturated carbocycles. The van der Waals surface area contributed by atoms with Crippen molar-refractivity contribution in [2.24, 2.45) is 11.8 Å². The third kappa shape index (κ3) is 2.01. The number of rotatable bonds is 2. The molecule has 1 aliphatic heterocycles. The molecule has 2 fully saturated rings. The molecule has 0 radical (unpaired) electrons. The summed E-state index contributed by atoms with van der Waals surface area (Å²) < 4.78 is 1.62. The van der Waals surface area contributed by atoms with Crippen molar-refractivity contribution in [3.63, 3.8) is 0 Å². The Morgan fingerprint density at radius 1 is 1.41 bits per heavy atom. The average Bonchev–Trinajstić information content (AvgIpc) is 2.92. The molecular weight excluding hydrogens is 216 g/mol. The number of fused-ring (bicyclic) bond motifs is 1. The molecule has 5 nitrogen and oxygen atoms in total. The van der Waals surface area contributed by atoms with Gasteiger partial charge in [-0.25, -0.2) is 0 Å². The van der Waals surface area contributed by atoms with E-state index in [2.05, 4.69) is 5.10 Å². The summed E-state index contributed by atoms with van der Waals surface area (Å²) in [6.45, 7) is 2.21. The van der Waals surface area contributed by atoms with Gasteiger partial charge in [-0.1, -0.05) is 6.42 Å². The molecule has 1 amide bonds. The molecule has 1 aromatic heterocycles. The lowest BCUT2D eigenvalue weighted by Gasteiger charge is -2.17. The van der Waals surface area contributed by atoms with Crippen molar-refractivity contribution in [3.05, 3.63) is 12.3 Å². The predicted molar refractivity (Wildman–Crippen MR) is 64.1 cm³/mol. The van der Waals surface area contributed by atoms with Crippen LogP contribution < -0.4 is 5.73 Å². The molecule has 0 bridgehead atoms. The fourth-order valence-electron chi connectivity index (χ4n) is 3.14. The molecule has 1 aromatic rings. The summed E-state index contributed by atoms with van der Waals surface area (Å²) in [6, 6.07) is 1.71. The van der Waals surface area contributed by atoms with E-state index in [0.29, 0.717) is 12.4 Å². The number of nitrogens with two attached hydrogens (primary N) is 1. The minimum absolute atomic E-state index is 0.169. The van der Waals surface area contributed by atoms with E-state index >= 15 is 0 Å². The van der Waals surface area contributed by atoms with E-state index in [-0.39, 0.29) is 5.91 Å². The van der Waals surface area contributed by atoms with Crippen LogP contribution in [0.1, 0.15) is 19.3 Å². The van der Waals surface area contributed by atoms with Crippen molar-refractivity contribution in [2.45, 2.75) is 25.8 Å². The normalized spacial score (nSPS) is 27.4. The van der Waals surface area contributed by atoms with E-state index in [9.17, 15) is 4.79 Å². The van der Waals surface area contributed by atoms with Gasteiger partial charge in [0.2, 0.25) is 5.91 Å². The van der Waals surface area contributed by atoms with E-state index in [0.717, 1.165) is 24.9 Å². The van der Waals surface area contributed by atoms with Gasteiger partial charge in [0.05, 0.1) is 0 Å². The highest BCUT2D eigenvalue weighted by Gasteiger charge is 2.37. The minimum atomic E-state index is 0.169. The summed E-state index contributed by atoms with van der Waals surface area (Å²) in [5, 5.41) is 4.04.